The van der Waals surface area contributed by atoms with Crippen molar-refractivity contribution in [3.63, 3.8) is 0 Å². The molecule has 0 spiro atoms. The number of ether oxygens (including phenoxy) is 2. The summed E-state index contributed by atoms with van der Waals surface area (Å²) in [6, 6.07) is 13.1. The lowest BCUT2D eigenvalue weighted by Gasteiger charge is -2.09. The number of benzene rings is 1. The highest BCUT2D eigenvalue weighted by atomic mass is 16.5. The van der Waals surface area contributed by atoms with E-state index in [-0.39, 0.29) is 6.61 Å². The van der Waals surface area contributed by atoms with E-state index in [1.54, 1.807) is 31.8 Å². The molecule has 29 heavy (non-hydrogen) atoms. The molecule has 142 valence electrons. The van der Waals surface area contributed by atoms with E-state index in [0.29, 0.717) is 11.6 Å². The lowest BCUT2D eigenvalue weighted by atomic mass is 10.2. The van der Waals surface area contributed by atoms with Crippen molar-refractivity contribution in [3.05, 3.63) is 73.1 Å². The van der Waals surface area contributed by atoms with Crippen LogP contribution in [0.4, 0.5) is 0 Å². The fourth-order valence-corrected chi connectivity index (χ4v) is 3.11. The highest BCUT2D eigenvalue weighted by Crippen LogP contribution is 2.27. The van der Waals surface area contributed by atoms with Gasteiger partial charge in [0.1, 0.15) is 18.1 Å². The summed E-state index contributed by atoms with van der Waals surface area (Å²) in [5, 5.41) is 9.38. The molecule has 0 saturated carbocycles. The fourth-order valence-electron chi connectivity index (χ4n) is 3.11. The molecular formula is C21H16N6O2. The third-order valence-electron chi connectivity index (χ3n) is 4.56. The Balaban J connectivity index is 1.46. The van der Waals surface area contributed by atoms with Gasteiger partial charge in [-0.1, -0.05) is 0 Å². The fraction of sp³-hybridized carbons (Fsp3) is 0.0952. The molecule has 0 fully saturated rings. The third kappa shape index (κ3) is 3.20. The molecule has 0 aliphatic heterocycles. The van der Waals surface area contributed by atoms with Crippen LogP contribution in [0.3, 0.4) is 0 Å². The van der Waals surface area contributed by atoms with Crippen molar-refractivity contribution in [2.45, 2.75) is 6.61 Å². The average Bonchev–Trinajstić information content (AvgIpc) is 3.20. The van der Waals surface area contributed by atoms with E-state index in [1.165, 1.54) is 0 Å². The number of aromatic nitrogens is 6. The van der Waals surface area contributed by atoms with Crippen molar-refractivity contribution in [3.8, 4) is 22.9 Å². The van der Waals surface area contributed by atoms with Crippen molar-refractivity contribution in [2.24, 2.45) is 0 Å². The van der Waals surface area contributed by atoms with Gasteiger partial charge in [0.15, 0.2) is 17.3 Å². The maximum absolute atomic E-state index is 6.06. The second kappa shape index (κ2) is 7.16. The number of hydrogen-bond donors (Lipinski definition) is 0. The second-order valence-corrected chi connectivity index (χ2v) is 6.32. The van der Waals surface area contributed by atoms with Crippen molar-refractivity contribution in [1.29, 1.82) is 0 Å². The SMILES string of the molecule is COc1ccc2c(OCc3nnc4ccc(-c5ncccn5)cn34)ccnc2c1. The minimum atomic E-state index is 0.255. The topological polar surface area (TPSA) is 87.3 Å². The van der Waals surface area contributed by atoms with Gasteiger partial charge in [-0.05, 0) is 36.4 Å². The molecule has 4 aromatic heterocycles. The Morgan fingerprint density at radius 2 is 1.83 bits per heavy atom. The van der Waals surface area contributed by atoms with Crippen LogP contribution in [-0.4, -0.2) is 36.7 Å². The van der Waals surface area contributed by atoms with Crippen molar-refractivity contribution in [1.82, 2.24) is 29.5 Å². The molecule has 0 saturated heterocycles. The molecule has 4 heterocycles. The molecule has 0 atom stereocenters. The van der Waals surface area contributed by atoms with Crippen LogP contribution in [0.25, 0.3) is 27.9 Å². The zero-order valence-electron chi connectivity index (χ0n) is 15.6. The van der Waals surface area contributed by atoms with E-state index in [1.807, 2.05) is 47.0 Å². The van der Waals surface area contributed by atoms with E-state index in [2.05, 4.69) is 25.1 Å². The molecule has 5 aromatic rings. The minimum absolute atomic E-state index is 0.255. The van der Waals surface area contributed by atoms with Gasteiger partial charge in [-0.3, -0.25) is 9.38 Å². The maximum Gasteiger partial charge on any atom is 0.175 e. The Kier molecular flexibility index (Phi) is 4.21. The average molecular weight is 384 g/mol. The predicted molar refractivity (Wildman–Crippen MR) is 107 cm³/mol. The van der Waals surface area contributed by atoms with Gasteiger partial charge in [-0.15, -0.1) is 10.2 Å². The van der Waals surface area contributed by atoms with Crippen LogP contribution < -0.4 is 9.47 Å². The smallest absolute Gasteiger partial charge is 0.175 e. The Morgan fingerprint density at radius 1 is 0.931 bits per heavy atom. The summed E-state index contributed by atoms with van der Waals surface area (Å²) in [5.74, 6) is 2.79. The Labute approximate surface area is 165 Å². The number of fused-ring (bicyclic) bond motifs is 2. The van der Waals surface area contributed by atoms with E-state index in [4.69, 9.17) is 9.47 Å². The van der Waals surface area contributed by atoms with Crippen LogP contribution in [-0.2, 0) is 6.61 Å². The van der Waals surface area contributed by atoms with Crippen LogP contribution in [0, 0.1) is 0 Å². The summed E-state index contributed by atoms with van der Waals surface area (Å²) in [6.45, 7) is 0.255. The zero-order chi connectivity index (χ0) is 19.6. The van der Waals surface area contributed by atoms with E-state index in [0.717, 1.165) is 33.6 Å². The van der Waals surface area contributed by atoms with Crippen LogP contribution in [0.5, 0.6) is 11.5 Å². The summed E-state index contributed by atoms with van der Waals surface area (Å²) in [4.78, 5) is 13.0. The number of rotatable bonds is 5. The normalized spacial score (nSPS) is 11.1. The van der Waals surface area contributed by atoms with Gasteiger partial charge in [-0.25, -0.2) is 9.97 Å². The summed E-state index contributed by atoms with van der Waals surface area (Å²) in [6.07, 6.45) is 7.06. The molecule has 1 aromatic carbocycles. The first-order chi connectivity index (χ1) is 14.3. The third-order valence-corrected chi connectivity index (χ3v) is 4.56. The Bertz CT molecular complexity index is 1300. The van der Waals surface area contributed by atoms with E-state index < -0.39 is 0 Å². The first kappa shape index (κ1) is 17.1. The maximum atomic E-state index is 6.06. The van der Waals surface area contributed by atoms with Gasteiger partial charge in [0.05, 0.1) is 12.6 Å². The summed E-state index contributed by atoms with van der Waals surface area (Å²) >= 11 is 0. The van der Waals surface area contributed by atoms with Crippen molar-refractivity contribution in [2.75, 3.05) is 7.11 Å². The molecule has 8 heteroatoms. The van der Waals surface area contributed by atoms with Crippen molar-refractivity contribution < 1.29 is 9.47 Å². The number of pyridine rings is 2. The quantitative estimate of drug-likeness (QED) is 0.459. The van der Waals surface area contributed by atoms with Crippen LogP contribution in [0.15, 0.2) is 67.3 Å². The summed E-state index contributed by atoms with van der Waals surface area (Å²) < 4.78 is 13.2. The highest BCUT2D eigenvalue weighted by Gasteiger charge is 2.11. The van der Waals surface area contributed by atoms with Gasteiger partial charge >= 0.3 is 0 Å². The van der Waals surface area contributed by atoms with E-state index >= 15 is 0 Å². The molecule has 8 nitrogen and oxygen atoms in total. The zero-order valence-corrected chi connectivity index (χ0v) is 15.6. The van der Waals surface area contributed by atoms with Gasteiger partial charge in [0.2, 0.25) is 0 Å². The largest absolute Gasteiger partial charge is 0.497 e. The number of hydrogen-bond acceptors (Lipinski definition) is 7. The first-order valence-corrected chi connectivity index (χ1v) is 8.98. The molecule has 0 aliphatic carbocycles. The monoisotopic (exact) mass is 384 g/mol. The number of methoxy groups -OCH3 is 1. The van der Waals surface area contributed by atoms with Gasteiger partial charge in [0, 0.05) is 41.8 Å². The first-order valence-electron chi connectivity index (χ1n) is 8.98. The molecule has 0 unspecified atom stereocenters. The highest BCUT2D eigenvalue weighted by molar-refractivity contribution is 5.85. The van der Waals surface area contributed by atoms with Crippen LogP contribution in [0.2, 0.25) is 0 Å². The molecule has 0 aliphatic rings. The second-order valence-electron chi connectivity index (χ2n) is 6.32. The molecule has 0 N–H and O–H groups in total. The lowest BCUT2D eigenvalue weighted by Crippen LogP contribution is -2.02. The molecular weight excluding hydrogens is 368 g/mol. The summed E-state index contributed by atoms with van der Waals surface area (Å²) in [5.41, 5.74) is 2.41. The van der Waals surface area contributed by atoms with Crippen molar-refractivity contribution >= 4 is 16.6 Å². The molecule has 0 bridgehead atoms. The molecule has 0 amide bonds. The van der Waals surface area contributed by atoms with Crippen LogP contribution >= 0.6 is 0 Å². The minimum Gasteiger partial charge on any atom is -0.497 e. The standard InChI is InChI=1S/C21H16N6O2/c1-28-15-4-5-16-17(11-15)22-10-7-18(16)29-13-20-26-25-19-6-3-14(12-27(19)20)21-23-8-2-9-24-21/h2-12H,13H2,1H3. The molecule has 0 radical (unpaired) electrons. The van der Waals surface area contributed by atoms with Gasteiger partial charge < -0.3 is 9.47 Å². The number of nitrogens with zero attached hydrogens (tertiary/aromatic N) is 6. The Morgan fingerprint density at radius 3 is 2.69 bits per heavy atom. The van der Waals surface area contributed by atoms with Gasteiger partial charge in [0.25, 0.3) is 0 Å². The van der Waals surface area contributed by atoms with Gasteiger partial charge in [-0.2, -0.15) is 0 Å². The lowest BCUT2D eigenvalue weighted by molar-refractivity contribution is 0.298. The van der Waals surface area contributed by atoms with Crippen LogP contribution in [0.1, 0.15) is 5.82 Å². The molecule has 5 rings (SSSR count). The Hall–Kier alpha value is -4.07. The summed E-state index contributed by atoms with van der Waals surface area (Å²) in [7, 11) is 1.63. The predicted octanol–water partition coefficient (Wildman–Crippen LogP) is 3.32. The van der Waals surface area contributed by atoms with E-state index in [9.17, 15) is 0 Å².